The van der Waals surface area contributed by atoms with Gasteiger partial charge >= 0.3 is 5.97 Å². The minimum atomic E-state index is -0.350. The molecule has 0 aromatic carbocycles. The summed E-state index contributed by atoms with van der Waals surface area (Å²) < 4.78 is 4.99. The number of carbonyl (C=O) groups excluding carboxylic acids is 1. The number of pyridine rings is 2. The lowest BCUT2D eigenvalue weighted by Gasteiger charge is -2.23. The predicted octanol–water partition coefficient (Wildman–Crippen LogP) is 2.24. The highest BCUT2D eigenvalue weighted by Gasteiger charge is 2.18. The van der Waals surface area contributed by atoms with Crippen molar-refractivity contribution in [1.29, 1.82) is 5.26 Å². The van der Waals surface area contributed by atoms with Crippen LogP contribution >= 0.6 is 0 Å². The number of esters is 1. The van der Waals surface area contributed by atoms with Crippen LogP contribution in [-0.2, 0) is 4.74 Å². The van der Waals surface area contributed by atoms with Gasteiger partial charge in [0.05, 0.1) is 12.2 Å². The van der Waals surface area contributed by atoms with Crippen molar-refractivity contribution in [2.75, 3.05) is 42.6 Å². The zero-order valence-electron chi connectivity index (χ0n) is 14.8. The van der Waals surface area contributed by atoms with E-state index < -0.39 is 0 Å². The van der Waals surface area contributed by atoms with Crippen LogP contribution in [0.1, 0.15) is 29.4 Å². The van der Waals surface area contributed by atoms with Gasteiger partial charge in [-0.25, -0.2) is 14.8 Å². The molecule has 0 amide bonds. The second-order valence-corrected chi connectivity index (χ2v) is 5.95. The number of rotatable bonds is 4. The molecule has 1 aliphatic rings. The summed E-state index contributed by atoms with van der Waals surface area (Å²) >= 11 is 0. The Bertz CT molecular complexity index is 800. The average molecular weight is 351 g/mol. The van der Waals surface area contributed by atoms with Gasteiger partial charge in [0.2, 0.25) is 0 Å². The van der Waals surface area contributed by atoms with Crippen LogP contribution in [0.4, 0.5) is 11.6 Å². The predicted molar refractivity (Wildman–Crippen MR) is 98.2 cm³/mol. The molecule has 3 heterocycles. The van der Waals surface area contributed by atoms with E-state index in [1.165, 1.54) is 0 Å². The lowest BCUT2D eigenvalue weighted by Crippen LogP contribution is -2.31. The van der Waals surface area contributed by atoms with Crippen LogP contribution in [0.3, 0.4) is 0 Å². The fraction of sp³-hybridized carbons (Fsp3) is 0.368. The van der Waals surface area contributed by atoms with Crippen molar-refractivity contribution in [3.05, 3.63) is 47.8 Å². The first kappa shape index (κ1) is 17.7. The average Bonchev–Trinajstić information content (AvgIpc) is 2.94. The summed E-state index contributed by atoms with van der Waals surface area (Å²) in [5.41, 5.74) is 0.893. The molecule has 7 nitrogen and oxygen atoms in total. The summed E-state index contributed by atoms with van der Waals surface area (Å²) in [5, 5.41) is 9.02. The summed E-state index contributed by atoms with van der Waals surface area (Å²) in [6, 6.07) is 11.2. The first-order valence-corrected chi connectivity index (χ1v) is 8.71. The van der Waals surface area contributed by atoms with Crippen LogP contribution in [0, 0.1) is 11.3 Å². The summed E-state index contributed by atoms with van der Waals surface area (Å²) in [4.78, 5) is 24.9. The van der Waals surface area contributed by atoms with Crippen molar-refractivity contribution in [2.24, 2.45) is 0 Å². The molecular formula is C19H21N5O2. The molecule has 0 radical (unpaired) electrons. The molecule has 3 rings (SSSR count). The van der Waals surface area contributed by atoms with Crippen LogP contribution in [-0.4, -0.2) is 48.7 Å². The van der Waals surface area contributed by atoms with Crippen molar-refractivity contribution < 1.29 is 9.53 Å². The van der Waals surface area contributed by atoms with Gasteiger partial charge in [0.15, 0.2) is 0 Å². The molecule has 1 saturated heterocycles. The fourth-order valence-electron chi connectivity index (χ4n) is 2.95. The Morgan fingerprint density at radius 1 is 1.15 bits per heavy atom. The molecule has 26 heavy (non-hydrogen) atoms. The van der Waals surface area contributed by atoms with Crippen LogP contribution in [0.15, 0.2) is 36.5 Å². The standard InChI is InChI=1S/C19H21N5O2/c1-2-26-19(25)15-7-8-17(21-14-15)23-9-4-10-24(12-11-23)18-6-3-5-16(13-20)22-18/h3,5-8,14H,2,4,9-12H2,1H3. The molecule has 7 heteroatoms. The SMILES string of the molecule is CCOC(=O)c1ccc(N2CCCN(c3cccc(C#N)n3)CC2)nc1. The van der Waals surface area contributed by atoms with Crippen molar-refractivity contribution in [3.63, 3.8) is 0 Å². The molecular weight excluding hydrogens is 330 g/mol. The van der Waals surface area contributed by atoms with Gasteiger partial charge in [0.25, 0.3) is 0 Å². The summed E-state index contributed by atoms with van der Waals surface area (Å²) in [6.45, 7) is 5.47. The Morgan fingerprint density at radius 3 is 2.58 bits per heavy atom. The maximum atomic E-state index is 11.7. The van der Waals surface area contributed by atoms with Gasteiger partial charge < -0.3 is 14.5 Å². The fourth-order valence-corrected chi connectivity index (χ4v) is 2.95. The third-order valence-electron chi connectivity index (χ3n) is 4.25. The minimum Gasteiger partial charge on any atom is -0.462 e. The van der Waals surface area contributed by atoms with E-state index in [4.69, 9.17) is 10.00 Å². The summed E-state index contributed by atoms with van der Waals surface area (Å²) in [7, 11) is 0. The Kier molecular flexibility index (Phi) is 5.64. The van der Waals surface area contributed by atoms with Crippen molar-refractivity contribution >= 4 is 17.6 Å². The van der Waals surface area contributed by atoms with E-state index in [1.807, 2.05) is 18.2 Å². The summed E-state index contributed by atoms with van der Waals surface area (Å²) in [6.07, 6.45) is 2.52. The van der Waals surface area contributed by atoms with E-state index in [-0.39, 0.29) is 5.97 Å². The lowest BCUT2D eigenvalue weighted by atomic mass is 10.2. The van der Waals surface area contributed by atoms with Crippen LogP contribution < -0.4 is 9.80 Å². The normalized spacial score (nSPS) is 14.5. The zero-order valence-corrected chi connectivity index (χ0v) is 14.8. The Labute approximate surface area is 152 Å². The van der Waals surface area contributed by atoms with Crippen LogP contribution in [0.5, 0.6) is 0 Å². The van der Waals surface area contributed by atoms with Gasteiger partial charge in [0, 0.05) is 32.4 Å². The Hall–Kier alpha value is -3.14. The Balaban J connectivity index is 1.66. The van der Waals surface area contributed by atoms with Crippen LogP contribution in [0.2, 0.25) is 0 Å². The molecule has 2 aromatic rings. The smallest absolute Gasteiger partial charge is 0.339 e. The number of hydrogen-bond acceptors (Lipinski definition) is 7. The monoisotopic (exact) mass is 351 g/mol. The largest absolute Gasteiger partial charge is 0.462 e. The molecule has 0 atom stereocenters. The van der Waals surface area contributed by atoms with Crippen molar-refractivity contribution in [3.8, 4) is 6.07 Å². The van der Waals surface area contributed by atoms with E-state index in [9.17, 15) is 4.79 Å². The molecule has 134 valence electrons. The van der Waals surface area contributed by atoms with Crippen molar-refractivity contribution in [2.45, 2.75) is 13.3 Å². The number of aromatic nitrogens is 2. The number of hydrogen-bond donors (Lipinski definition) is 0. The molecule has 0 spiro atoms. The van der Waals surface area contributed by atoms with E-state index in [1.54, 1.807) is 25.3 Å². The Morgan fingerprint density at radius 2 is 1.92 bits per heavy atom. The van der Waals surface area contributed by atoms with Gasteiger partial charge in [0.1, 0.15) is 23.4 Å². The number of nitrogens with zero attached hydrogens (tertiary/aromatic N) is 5. The second-order valence-electron chi connectivity index (χ2n) is 5.95. The molecule has 0 bridgehead atoms. The molecule has 0 saturated carbocycles. The number of carbonyl (C=O) groups is 1. The quantitative estimate of drug-likeness (QED) is 0.781. The minimum absolute atomic E-state index is 0.350. The van der Waals surface area contributed by atoms with Gasteiger partial charge in [-0.3, -0.25) is 0 Å². The zero-order chi connectivity index (χ0) is 18.4. The highest BCUT2D eigenvalue weighted by molar-refractivity contribution is 5.89. The molecule has 2 aromatic heterocycles. The van der Waals surface area contributed by atoms with Gasteiger partial charge in [-0.05, 0) is 37.6 Å². The first-order chi connectivity index (χ1) is 12.7. The highest BCUT2D eigenvalue weighted by atomic mass is 16.5. The second kappa shape index (κ2) is 8.30. The van der Waals surface area contributed by atoms with Crippen LogP contribution in [0.25, 0.3) is 0 Å². The maximum absolute atomic E-state index is 11.7. The lowest BCUT2D eigenvalue weighted by molar-refractivity contribution is 0.0526. The van der Waals surface area contributed by atoms with Gasteiger partial charge in [-0.15, -0.1) is 0 Å². The molecule has 0 unspecified atom stereocenters. The third-order valence-corrected chi connectivity index (χ3v) is 4.25. The third kappa shape index (κ3) is 4.09. The van der Waals surface area contributed by atoms with E-state index in [2.05, 4.69) is 25.8 Å². The molecule has 1 aliphatic heterocycles. The number of ether oxygens (including phenoxy) is 1. The first-order valence-electron chi connectivity index (χ1n) is 8.71. The maximum Gasteiger partial charge on any atom is 0.339 e. The highest BCUT2D eigenvalue weighted by Crippen LogP contribution is 2.18. The summed E-state index contributed by atoms with van der Waals surface area (Å²) in [5.74, 6) is 1.33. The van der Waals surface area contributed by atoms with E-state index in [0.717, 1.165) is 44.2 Å². The number of nitriles is 1. The van der Waals surface area contributed by atoms with E-state index in [0.29, 0.717) is 17.9 Å². The van der Waals surface area contributed by atoms with Gasteiger partial charge in [-0.2, -0.15) is 5.26 Å². The van der Waals surface area contributed by atoms with E-state index >= 15 is 0 Å². The topological polar surface area (TPSA) is 82.4 Å². The molecule has 1 fully saturated rings. The molecule has 0 aliphatic carbocycles. The van der Waals surface area contributed by atoms with Gasteiger partial charge in [-0.1, -0.05) is 6.07 Å². The molecule has 0 N–H and O–H groups in total. The number of anilines is 2. The van der Waals surface area contributed by atoms with Crippen molar-refractivity contribution in [1.82, 2.24) is 9.97 Å².